The Morgan fingerprint density at radius 3 is 2.92 bits per heavy atom. The quantitative estimate of drug-likeness (QED) is 0.718. The van der Waals surface area contributed by atoms with Crippen molar-refractivity contribution in [2.45, 2.75) is 44.1 Å². The molecule has 4 rings (SSSR count). The molecule has 25 heavy (non-hydrogen) atoms. The number of nitrogens with zero attached hydrogens (tertiary/aromatic N) is 4. The molecule has 0 aromatic carbocycles. The summed E-state index contributed by atoms with van der Waals surface area (Å²) in [4.78, 5) is 9.10. The van der Waals surface area contributed by atoms with Gasteiger partial charge in [0.05, 0.1) is 12.3 Å². The van der Waals surface area contributed by atoms with E-state index in [1.165, 1.54) is 18.5 Å². The summed E-state index contributed by atoms with van der Waals surface area (Å²) in [5.74, 6) is 2.66. The zero-order valence-corrected chi connectivity index (χ0v) is 14.7. The lowest BCUT2D eigenvalue weighted by Crippen LogP contribution is -2.12. The SMILES string of the molecule is CNc1nc(NCCCn2nccc2C2CC2)cc([C@@H]2CCOC2)n1. The maximum absolute atomic E-state index is 5.49. The standard InChI is InChI=1S/C18H26N6O/c1-19-18-22-15(14-6-10-25-12-14)11-17(23-18)20-7-2-9-24-16(5-8-21-24)13-3-4-13/h5,8,11,13-14H,2-4,6-7,9-10,12H2,1H3,(H2,19,20,22,23)/t14-/m1/s1. The summed E-state index contributed by atoms with van der Waals surface area (Å²) < 4.78 is 7.64. The molecule has 0 spiro atoms. The largest absolute Gasteiger partial charge is 0.381 e. The maximum Gasteiger partial charge on any atom is 0.224 e. The molecule has 0 bridgehead atoms. The topological polar surface area (TPSA) is 76.9 Å². The van der Waals surface area contributed by atoms with Crippen LogP contribution in [0.5, 0.6) is 0 Å². The van der Waals surface area contributed by atoms with Gasteiger partial charge in [-0.15, -0.1) is 0 Å². The first-order chi connectivity index (χ1) is 12.3. The van der Waals surface area contributed by atoms with E-state index in [2.05, 4.69) is 42.5 Å². The minimum absolute atomic E-state index is 0.376. The predicted molar refractivity (Wildman–Crippen MR) is 97.1 cm³/mol. The molecule has 2 aliphatic rings. The lowest BCUT2D eigenvalue weighted by Gasteiger charge is -2.13. The second-order valence-electron chi connectivity index (χ2n) is 6.85. The van der Waals surface area contributed by atoms with Gasteiger partial charge in [0.15, 0.2) is 0 Å². The first-order valence-corrected chi connectivity index (χ1v) is 9.23. The smallest absolute Gasteiger partial charge is 0.224 e. The minimum atomic E-state index is 0.376. The molecule has 0 radical (unpaired) electrons. The van der Waals surface area contributed by atoms with Gasteiger partial charge in [-0.2, -0.15) is 10.1 Å². The van der Waals surface area contributed by atoms with Gasteiger partial charge in [0.2, 0.25) is 5.95 Å². The Hall–Kier alpha value is -2.15. The summed E-state index contributed by atoms with van der Waals surface area (Å²) in [5, 5.41) is 10.9. The van der Waals surface area contributed by atoms with Crippen molar-refractivity contribution in [3.05, 3.63) is 29.7 Å². The number of hydrogen-bond donors (Lipinski definition) is 2. The van der Waals surface area contributed by atoms with Crippen LogP contribution in [0.25, 0.3) is 0 Å². The third-order valence-electron chi connectivity index (χ3n) is 4.92. The molecular weight excluding hydrogens is 316 g/mol. The van der Waals surface area contributed by atoms with E-state index in [9.17, 15) is 0 Å². The number of anilines is 2. The number of rotatable bonds is 8. The average molecular weight is 342 g/mol. The third kappa shape index (κ3) is 3.92. The third-order valence-corrected chi connectivity index (χ3v) is 4.92. The zero-order chi connectivity index (χ0) is 17.1. The number of hydrogen-bond acceptors (Lipinski definition) is 6. The van der Waals surface area contributed by atoms with Crippen molar-refractivity contribution in [1.29, 1.82) is 0 Å². The van der Waals surface area contributed by atoms with Gasteiger partial charge < -0.3 is 15.4 Å². The molecule has 2 fully saturated rings. The van der Waals surface area contributed by atoms with E-state index >= 15 is 0 Å². The molecule has 2 aromatic rings. The van der Waals surface area contributed by atoms with E-state index in [-0.39, 0.29) is 0 Å². The molecule has 2 N–H and O–H groups in total. The van der Waals surface area contributed by atoms with Crippen LogP contribution in [-0.4, -0.2) is 46.6 Å². The lowest BCUT2D eigenvalue weighted by atomic mass is 10.0. The fourth-order valence-electron chi connectivity index (χ4n) is 3.35. The Morgan fingerprint density at radius 1 is 1.24 bits per heavy atom. The molecule has 1 atom stereocenters. The van der Waals surface area contributed by atoms with Gasteiger partial charge in [-0.3, -0.25) is 4.68 Å². The van der Waals surface area contributed by atoms with Crippen LogP contribution in [0.15, 0.2) is 18.3 Å². The van der Waals surface area contributed by atoms with Crippen molar-refractivity contribution < 1.29 is 4.74 Å². The number of ether oxygens (including phenoxy) is 1. The summed E-state index contributed by atoms with van der Waals surface area (Å²) in [7, 11) is 1.85. The summed E-state index contributed by atoms with van der Waals surface area (Å²) in [6.45, 7) is 3.38. The van der Waals surface area contributed by atoms with Gasteiger partial charge >= 0.3 is 0 Å². The fourth-order valence-corrected chi connectivity index (χ4v) is 3.35. The van der Waals surface area contributed by atoms with Crippen LogP contribution in [0.4, 0.5) is 11.8 Å². The number of aryl methyl sites for hydroxylation is 1. The lowest BCUT2D eigenvalue weighted by molar-refractivity contribution is 0.193. The van der Waals surface area contributed by atoms with Crippen LogP contribution in [0.3, 0.4) is 0 Å². The summed E-state index contributed by atoms with van der Waals surface area (Å²) in [6, 6.07) is 4.22. The number of nitrogens with one attached hydrogen (secondary N) is 2. The molecule has 1 aliphatic carbocycles. The Labute approximate surface area is 148 Å². The van der Waals surface area contributed by atoms with Crippen molar-refractivity contribution >= 4 is 11.8 Å². The van der Waals surface area contributed by atoms with E-state index < -0.39 is 0 Å². The van der Waals surface area contributed by atoms with Crippen LogP contribution < -0.4 is 10.6 Å². The van der Waals surface area contributed by atoms with E-state index in [4.69, 9.17) is 4.74 Å². The van der Waals surface area contributed by atoms with Crippen molar-refractivity contribution in [2.75, 3.05) is 37.4 Å². The van der Waals surface area contributed by atoms with E-state index in [0.29, 0.717) is 11.9 Å². The first-order valence-electron chi connectivity index (χ1n) is 9.23. The molecule has 3 heterocycles. The van der Waals surface area contributed by atoms with Gasteiger partial charge in [-0.1, -0.05) is 0 Å². The molecule has 1 aliphatic heterocycles. The highest BCUT2D eigenvalue weighted by molar-refractivity contribution is 5.43. The predicted octanol–water partition coefficient (Wildman–Crippen LogP) is 2.60. The van der Waals surface area contributed by atoms with Crippen LogP contribution in [0.2, 0.25) is 0 Å². The highest BCUT2D eigenvalue weighted by Crippen LogP contribution is 2.39. The summed E-state index contributed by atoms with van der Waals surface area (Å²) >= 11 is 0. The molecule has 7 nitrogen and oxygen atoms in total. The van der Waals surface area contributed by atoms with Gasteiger partial charge in [-0.25, -0.2) is 4.98 Å². The van der Waals surface area contributed by atoms with Gasteiger partial charge in [0.25, 0.3) is 0 Å². The zero-order valence-electron chi connectivity index (χ0n) is 14.7. The molecule has 1 saturated carbocycles. The van der Waals surface area contributed by atoms with Gasteiger partial charge in [0.1, 0.15) is 5.82 Å². The second-order valence-corrected chi connectivity index (χ2v) is 6.85. The molecule has 7 heteroatoms. The fraction of sp³-hybridized carbons (Fsp3) is 0.611. The van der Waals surface area contributed by atoms with Gasteiger partial charge in [0, 0.05) is 56.5 Å². The monoisotopic (exact) mass is 342 g/mol. The maximum atomic E-state index is 5.49. The second kappa shape index (κ2) is 7.39. The molecular formula is C18H26N6O. The van der Waals surface area contributed by atoms with Crippen LogP contribution in [0, 0.1) is 0 Å². The van der Waals surface area contributed by atoms with E-state index in [1.807, 2.05) is 13.2 Å². The van der Waals surface area contributed by atoms with Crippen LogP contribution in [-0.2, 0) is 11.3 Å². The molecule has 0 unspecified atom stereocenters. The molecule has 1 saturated heterocycles. The van der Waals surface area contributed by atoms with Crippen molar-refractivity contribution in [3.8, 4) is 0 Å². The Morgan fingerprint density at radius 2 is 2.16 bits per heavy atom. The Balaban J connectivity index is 1.33. The van der Waals surface area contributed by atoms with Crippen molar-refractivity contribution in [3.63, 3.8) is 0 Å². The molecule has 2 aromatic heterocycles. The summed E-state index contributed by atoms with van der Waals surface area (Å²) in [6.07, 6.45) is 6.59. The highest BCUT2D eigenvalue weighted by Gasteiger charge is 2.26. The molecule has 0 amide bonds. The summed E-state index contributed by atoms with van der Waals surface area (Å²) in [5.41, 5.74) is 2.45. The molecule has 134 valence electrons. The van der Waals surface area contributed by atoms with Gasteiger partial charge in [-0.05, 0) is 31.7 Å². The van der Waals surface area contributed by atoms with Crippen molar-refractivity contribution in [2.24, 2.45) is 0 Å². The highest BCUT2D eigenvalue weighted by atomic mass is 16.5. The van der Waals surface area contributed by atoms with E-state index in [0.717, 1.165) is 56.6 Å². The number of aromatic nitrogens is 4. The van der Waals surface area contributed by atoms with Crippen LogP contribution in [0.1, 0.15) is 48.9 Å². The van der Waals surface area contributed by atoms with Crippen molar-refractivity contribution in [1.82, 2.24) is 19.7 Å². The normalized spacial score (nSPS) is 20.0. The minimum Gasteiger partial charge on any atom is -0.381 e. The Kier molecular flexibility index (Phi) is 4.83. The first kappa shape index (κ1) is 16.3. The van der Waals surface area contributed by atoms with Crippen LogP contribution >= 0.6 is 0 Å². The Bertz CT molecular complexity index is 705. The van der Waals surface area contributed by atoms with E-state index in [1.54, 1.807) is 0 Å². The average Bonchev–Trinajstić information content (AvgIpc) is 3.13.